The molecule has 1 saturated heterocycles. The first-order valence-corrected chi connectivity index (χ1v) is 6.33. The van der Waals surface area contributed by atoms with Crippen LogP contribution in [0.1, 0.15) is 26.7 Å². The smallest absolute Gasteiger partial charge is 0.224 e. The maximum absolute atomic E-state index is 12.0. The lowest BCUT2D eigenvalue weighted by atomic mass is 10.2. The molecule has 0 aromatic rings. The standard InChI is InChI=1S/C12H25N3O/c1-4-13-11(2)10-12(16)15-7-5-6-14(3)8-9-15/h11,13H,4-10H2,1-3H3. The summed E-state index contributed by atoms with van der Waals surface area (Å²) in [6, 6.07) is 0.290. The van der Waals surface area contributed by atoms with Crippen molar-refractivity contribution in [2.75, 3.05) is 39.8 Å². The van der Waals surface area contributed by atoms with E-state index < -0.39 is 0 Å². The third-order valence-electron chi connectivity index (χ3n) is 3.11. The number of likely N-dealkylation sites (N-methyl/N-ethyl adjacent to an activating group) is 1. The van der Waals surface area contributed by atoms with Gasteiger partial charge in [0, 0.05) is 32.1 Å². The van der Waals surface area contributed by atoms with Gasteiger partial charge in [0.05, 0.1) is 0 Å². The minimum absolute atomic E-state index is 0.290. The van der Waals surface area contributed by atoms with Gasteiger partial charge in [-0.25, -0.2) is 0 Å². The SMILES string of the molecule is CCNC(C)CC(=O)N1CCCN(C)CC1. The maximum atomic E-state index is 12.0. The molecule has 0 bridgehead atoms. The molecule has 1 aliphatic heterocycles. The van der Waals surface area contributed by atoms with Crippen LogP contribution in [-0.2, 0) is 4.79 Å². The van der Waals surface area contributed by atoms with Crippen molar-refractivity contribution >= 4 is 5.91 Å². The van der Waals surface area contributed by atoms with Gasteiger partial charge in [-0.2, -0.15) is 0 Å². The Hall–Kier alpha value is -0.610. The van der Waals surface area contributed by atoms with E-state index in [0.717, 1.165) is 39.1 Å². The predicted molar refractivity (Wildman–Crippen MR) is 66.4 cm³/mol. The highest BCUT2D eigenvalue weighted by Gasteiger charge is 2.18. The van der Waals surface area contributed by atoms with Crippen molar-refractivity contribution in [2.45, 2.75) is 32.7 Å². The Kier molecular flexibility index (Phi) is 5.77. The summed E-state index contributed by atoms with van der Waals surface area (Å²) in [6.07, 6.45) is 1.72. The van der Waals surface area contributed by atoms with Crippen LogP contribution in [0, 0.1) is 0 Å². The van der Waals surface area contributed by atoms with E-state index in [1.807, 2.05) is 4.90 Å². The average Bonchev–Trinajstić information content (AvgIpc) is 2.43. The van der Waals surface area contributed by atoms with Crippen molar-refractivity contribution in [1.29, 1.82) is 0 Å². The minimum Gasteiger partial charge on any atom is -0.341 e. The van der Waals surface area contributed by atoms with E-state index >= 15 is 0 Å². The predicted octanol–water partition coefficient (Wildman–Crippen LogP) is 0.539. The number of hydrogen-bond donors (Lipinski definition) is 1. The van der Waals surface area contributed by atoms with Gasteiger partial charge >= 0.3 is 0 Å². The second kappa shape index (κ2) is 6.86. The zero-order valence-corrected chi connectivity index (χ0v) is 10.8. The average molecular weight is 227 g/mol. The van der Waals surface area contributed by atoms with Crippen molar-refractivity contribution in [3.05, 3.63) is 0 Å². The molecule has 4 nitrogen and oxygen atoms in total. The molecule has 4 heteroatoms. The summed E-state index contributed by atoms with van der Waals surface area (Å²) in [6.45, 7) is 8.98. The van der Waals surface area contributed by atoms with Crippen LogP contribution in [0.5, 0.6) is 0 Å². The minimum atomic E-state index is 0.290. The first-order valence-electron chi connectivity index (χ1n) is 6.33. The molecule has 1 amide bonds. The summed E-state index contributed by atoms with van der Waals surface area (Å²) in [4.78, 5) is 16.3. The van der Waals surface area contributed by atoms with Crippen molar-refractivity contribution in [3.8, 4) is 0 Å². The summed E-state index contributed by atoms with van der Waals surface area (Å²) >= 11 is 0. The molecule has 0 aromatic heterocycles. The first-order chi connectivity index (χ1) is 7.63. The van der Waals surface area contributed by atoms with Crippen LogP contribution in [0.2, 0.25) is 0 Å². The first kappa shape index (κ1) is 13.5. The fourth-order valence-electron chi connectivity index (χ4n) is 2.11. The number of nitrogens with one attached hydrogen (secondary N) is 1. The monoisotopic (exact) mass is 227 g/mol. The molecule has 1 rings (SSSR count). The van der Waals surface area contributed by atoms with Crippen LogP contribution >= 0.6 is 0 Å². The lowest BCUT2D eigenvalue weighted by Crippen LogP contribution is -2.38. The summed E-state index contributed by atoms with van der Waals surface area (Å²) in [5.74, 6) is 0.295. The Labute approximate surface area is 99.0 Å². The Balaban J connectivity index is 2.35. The van der Waals surface area contributed by atoms with E-state index in [-0.39, 0.29) is 0 Å². The van der Waals surface area contributed by atoms with Crippen LogP contribution in [0.3, 0.4) is 0 Å². The van der Waals surface area contributed by atoms with Gasteiger partial charge in [-0.05, 0) is 33.5 Å². The largest absolute Gasteiger partial charge is 0.341 e. The van der Waals surface area contributed by atoms with E-state index in [2.05, 4.69) is 31.1 Å². The number of nitrogens with zero attached hydrogens (tertiary/aromatic N) is 2. The van der Waals surface area contributed by atoms with E-state index in [1.54, 1.807) is 0 Å². The van der Waals surface area contributed by atoms with Gasteiger partial charge in [0.15, 0.2) is 0 Å². The molecule has 1 unspecified atom stereocenters. The lowest BCUT2D eigenvalue weighted by Gasteiger charge is -2.22. The van der Waals surface area contributed by atoms with Gasteiger partial charge < -0.3 is 15.1 Å². The molecular weight excluding hydrogens is 202 g/mol. The van der Waals surface area contributed by atoms with E-state index in [9.17, 15) is 4.79 Å². The van der Waals surface area contributed by atoms with Gasteiger partial charge in [-0.15, -0.1) is 0 Å². The fourth-order valence-corrected chi connectivity index (χ4v) is 2.11. The molecule has 1 N–H and O–H groups in total. The van der Waals surface area contributed by atoms with E-state index in [4.69, 9.17) is 0 Å². The van der Waals surface area contributed by atoms with Crippen molar-refractivity contribution < 1.29 is 4.79 Å². The van der Waals surface area contributed by atoms with Gasteiger partial charge in [0.1, 0.15) is 0 Å². The normalized spacial score (nSPS) is 20.6. The zero-order valence-electron chi connectivity index (χ0n) is 10.8. The molecule has 1 aliphatic rings. The molecule has 0 radical (unpaired) electrons. The van der Waals surface area contributed by atoms with Gasteiger partial charge in [-0.1, -0.05) is 6.92 Å². The van der Waals surface area contributed by atoms with Gasteiger partial charge in [0.25, 0.3) is 0 Å². The third kappa shape index (κ3) is 4.49. The Morgan fingerprint density at radius 1 is 1.31 bits per heavy atom. The second-order valence-corrected chi connectivity index (χ2v) is 4.70. The maximum Gasteiger partial charge on any atom is 0.224 e. The Morgan fingerprint density at radius 2 is 2.06 bits per heavy atom. The number of carbonyl (C=O) groups is 1. The lowest BCUT2D eigenvalue weighted by molar-refractivity contribution is -0.131. The van der Waals surface area contributed by atoms with Crippen molar-refractivity contribution in [2.24, 2.45) is 0 Å². The molecule has 0 spiro atoms. The number of amides is 1. The molecule has 1 fully saturated rings. The summed E-state index contributed by atoms with van der Waals surface area (Å²) < 4.78 is 0. The van der Waals surface area contributed by atoms with Crippen LogP contribution in [0.15, 0.2) is 0 Å². The highest BCUT2D eigenvalue weighted by molar-refractivity contribution is 5.76. The van der Waals surface area contributed by atoms with Crippen molar-refractivity contribution in [1.82, 2.24) is 15.1 Å². The van der Waals surface area contributed by atoms with Crippen LogP contribution in [0.25, 0.3) is 0 Å². The molecule has 94 valence electrons. The number of carbonyl (C=O) groups excluding carboxylic acids is 1. The second-order valence-electron chi connectivity index (χ2n) is 4.70. The highest BCUT2D eigenvalue weighted by Crippen LogP contribution is 2.04. The molecule has 16 heavy (non-hydrogen) atoms. The zero-order chi connectivity index (χ0) is 12.0. The van der Waals surface area contributed by atoms with E-state index in [0.29, 0.717) is 18.4 Å². The number of rotatable bonds is 4. The highest BCUT2D eigenvalue weighted by atomic mass is 16.2. The van der Waals surface area contributed by atoms with Gasteiger partial charge in [0.2, 0.25) is 5.91 Å². The Morgan fingerprint density at radius 3 is 2.75 bits per heavy atom. The summed E-state index contributed by atoms with van der Waals surface area (Å²) in [5.41, 5.74) is 0. The molecule has 0 aromatic carbocycles. The van der Waals surface area contributed by atoms with Crippen LogP contribution in [0.4, 0.5) is 0 Å². The van der Waals surface area contributed by atoms with Crippen molar-refractivity contribution in [3.63, 3.8) is 0 Å². The Bertz CT molecular complexity index is 220. The third-order valence-corrected chi connectivity index (χ3v) is 3.11. The quantitative estimate of drug-likeness (QED) is 0.761. The van der Waals surface area contributed by atoms with E-state index in [1.165, 1.54) is 0 Å². The molecule has 1 heterocycles. The van der Waals surface area contributed by atoms with Crippen LogP contribution < -0.4 is 5.32 Å². The fraction of sp³-hybridized carbons (Fsp3) is 0.917. The molecule has 0 aliphatic carbocycles. The topological polar surface area (TPSA) is 35.6 Å². The van der Waals surface area contributed by atoms with Crippen LogP contribution in [-0.4, -0.2) is 61.5 Å². The molecule has 0 saturated carbocycles. The summed E-state index contributed by atoms with van der Waals surface area (Å²) in [5, 5.41) is 3.28. The van der Waals surface area contributed by atoms with Gasteiger partial charge in [-0.3, -0.25) is 4.79 Å². The molecule has 1 atom stereocenters. The summed E-state index contributed by atoms with van der Waals surface area (Å²) in [7, 11) is 2.12. The number of hydrogen-bond acceptors (Lipinski definition) is 3. The molecular formula is C12H25N3O.